The molecule has 3 N–H and O–H groups in total. The molecule has 0 rings (SSSR count). The van der Waals surface area contributed by atoms with Crippen LogP contribution in [-0.4, -0.2) is 31.6 Å². The number of unbranched alkanes of at least 4 members (excludes halogenated alkanes) is 10. The van der Waals surface area contributed by atoms with Gasteiger partial charge < -0.3 is 15.8 Å². The third kappa shape index (κ3) is 16.4. The number of rotatable bonds is 17. The number of hydrogen-bond acceptors (Lipinski definition) is 3. The summed E-state index contributed by atoms with van der Waals surface area (Å²) in [4.78, 5) is 15.8. The molecule has 0 aromatic rings. The van der Waals surface area contributed by atoms with Crippen LogP contribution in [0.2, 0.25) is 0 Å². The maximum absolute atomic E-state index is 12.0. The number of hydrogen-bond donors (Lipinski definition) is 2. The van der Waals surface area contributed by atoms with Crippen LogP contribution in [-0.2, 0) is 9.53 Å². The Bertz CT molecular complexity index is 408. The van der Waals surface area contributed by atoms with Crippen molar-refractivity contribution in [1.29, 1.82) is 0 Å². The van der Waals surface area contributed by atoms with E-state index < -0.39 is 6.04 Å². The number of esters is 1. The number of nitrogens with two attached hydrogens (primary N) is 1. The first-order valence-corrected chi connectivity index (χ1v) is 11.0. The molecule has 0 aliphatic rings. The summed E-state index contributed by atoms with van der Waals surface area (Å²) in [5, 5.41) is 2.94. The molecule has 0 saturated heterocycles. The number of aliphatic imine (C=N–C) groups is 1. The van der Waals surface area contributed by atoms with Crippen molar-refractivity contribution < 1.29 is 9.53 Å². The van der Waals surface area contributed by atoms with Crippen LogP contribution in [0.25, 0.3) is 0 Å². The highest BCUT2D eigenvalue weighted by molar-refractivity contribution is 5.85. The Labute approximate surface area is 167 Å². The van der Waals surface area contributed by atoms with E-state index in [1.165, 1.54) is 57.8 Å². The minimum atomic E-state index is -0.397. The number of carbonyl (C=O) groups excluding carboxylic acids is 1. The topological polar surface area (TPSA) is 76.7 Å². The predicted molar refractivity (Wildman–Crippen MR) is 116 cm³/mol. The van der Waals surface area contributed by atoms with E-state index in [4.69, 9.17) is 10.5 Å². The van der Waals surface area contributed by atoms with Crippen molar-refractivity contribution in [3.63, 3.8) is 0 Å². The summed E-state index contributed by atoms with van der Waals surface area (Å²) in [6.07, 6.45) is 20.4. The lowest BCUT2D eigenvalue weighted by atomic mass is 10.1. The molecule has 0 saturated carbocycles. The minimum Gasteiger partial charge on any atom is -0.464 e. The summed E-state index contributed by atoms with van der Waals surface area (Å²) in [5.41, 5.74) is 5.68. The van der Waals surface area contributed by atoms with Gasteiger partial charge >= 0.3 is 5.97 Å². The fourth-order valence-corrected chi connectivity index (χ4v) is 2.98. The SMILES string of the molecule is CCCCCCCC/C=C\CCCCCCC(NC(N)=NC)C(=O)OCC. The van der Waals surface area contributed by atoms with Gasteiger partial charge in [-0.05, 0) is 39.0 Å². The largest absolute Gasteiger partial charge is 0.464 e. The fourth-order valence-electron chi connectivity index (χ4n) is 2.98. The Morgan fingerprint density at radius 3 is 2.07 bits per heavy atom. The van der Waals surface area contributed by atoms with Crippen LogP contribution in [0.4, 0.5) is 0 Å². The van der Waals surface area contributed by atoms with Crippen molar-refractivity contribution in [2.45, 2.75) is 103 Å². The molecule has 0 fully saturated rings. The van der Waals surface area contributed by atoms with Crippen molar-refractivity contribution in [1.82, 2.24) is 5.32 Å². The number of ether oxygens (including phenoxy) is 1. The van der Waals surface area contributed by atoms with Crippen molar-refractivity contribution >= 4 is 11.9 Å². The number of nitrogens with one attached hydrogen (secondary N) is 1. The standard InChI is InChI=1S/C22H43N3O2/c1-4-6-7-8-9-10-11-12-13-14-15-16-17-18-19-20(21(26)27-5-2)25-22(23)24-3/h12-13,20H,4-11,14-19H2,1-3H3,(H3,23,24,25)/b13-12-. The maximum atomic E-state index is 12.0. The number of guanidine groups is 1. The van der Waals surface area contributed by atoms with Gasteiger partial charge in [-0.15, -0.1) is 0 Å². The molecular formula is C22H43N3O2. The lowest BCUT2D eigenvalue weighted by Gasteiger charge is -2.17. The normalized spacial score (nSPS) is 13.1. The summed E-state index contributed by atoms with van der Waals surface area (Å²) in [6.45, 7) is 4.45. The average Bonchev–Trinajstić information content (AvgIpc) is 2.67. The summed E-state index contributed by atoms with van der Waals surface area (Å²) in [5.74, 6) is 0.0327. The van der Waals surface area contributed by atoms with E-state index in [2.05, 4.69) is 29.4 Å². The molecule has 5 heteroatoms. The zero-order valence-corrected chi connectivity index (χ0v) is 18.0. The van der Waals surface area contributed by atoms with E-state index in [1.54, 1.807) is 7.05 Å². The van der Waals surface area contributed by atoms with Crippen molar-refractivity contribution in [3.8, 4) is 0 Å². The second kappa shape index (κ2) is 19.2. The summed E-state index contributed by atoms with van der Waals surface area (Å²) < 4.78 is 5.10. The first-order chi connectivity index (χ1) is 13.2. The minimum absolute atomic E-state index is 0.248. The van der Waals surface area contributed by atoms with Crippen LogP contribution >= 0.6 is 0 Å². The molecule has 0 bridgehead atoms. The molecule has 0 aliphatic heterocycles. The highest BCUT2D eigenvalue weighted by Crippen LogP contribution is 2.10. The molecule has 0 amide bonds. The molecule has 0 aromatic heterocycles. The zero-order chi connectivity index (χ0) is 20.2. The van der Waals surface area contributed by atoms with Gasteiger partial charge in [0, 0.05) is 7.05 Å². The van der Waals surface area contributed by atoms with Crippen molar-refractivity contribution in [2.75, 3.05) is 13.7 Å². The van der Waals surface area contributed by atoms with Gasteiger partial charge in [0.25, 0.3) is 0 Å². The average molecular weight is 382 g/mol. The van der Waals surface area contributed by atoms with Gasteiger partial charge in [0.15, 0.2) is 5.96 Å². The van der Waals surface area contributed by atoms with Crippen LogP contribution in [0, 0.1) is 0 Å². The maximum Gasteiger partial charge on any atom is 0.328 e. The van der Waals surface area contributed by atoms with E-state index >= 15 is 0 Å². The van der Waals surface area contributed by atoms with Gasteiger partial charge in [-0.1, -0.05) is 70.4 Å². The molecule has 0 aromatic carbocycles. The Morgan fingerprint density at radius 1 is 0.963 bits per heavy atom. The quantitative estimate of drug-likeness (QED) is 0.121. The van der Waals surface area contributed by atoms with Crippen LogP contribution in [0.15, 0.2) is 17.1 Å². The molecule has 0 spiro atoms. The molecule has 1 atom stereocenters. The van der Waals surface area contributed by atoms with Gasteiger partial charge in [-0.2, -0.15) is 0 Å². The molecule has 1 unspecified atom stereocenters. The van der Waals surface area contributed by atoms with E-state index in [0.717, 1.165) is 25.7 Å². The van der Waals surface area contributed by atoms with E-state index in [9.17, 15) is 4.79 Å². The monoisotopic (exact) mass is 381 g/mol. The molecule has 0 heterocycles. The van der Waals surface area contributed by atoms with Crippen LogP contribution < -0.4 is 11.1 Å². The first-order valence-electron chi connectivity index (χ1n) is 11.0. The van der Waals surface area contributed by atoms with E-state index in [-0.39, 0.29) is 11.9 Å². The van der Waals surface area contributed by atoms with Crippen LogP contribution in [0.3, 0.4) is 0 Å². The third-order valence-corrected chi connectivity index (χ3v) is 4.64. The second-order valence-corrected chi connectivity index (χ2v) is 7.08. The molecular weight excluding hydrogens is 338 g/mol. The van der Waals surface area contributed by atoms with E-state index in [0.29, 0.717) is 6.61 Å². The number of allylic oxidation sites excluding steroid dienone is 2. The second-order valence-electron chi connectivity index (χ2n) is 7.08. The van der Waals surface area contributed by atoms with Gasteiger partial charge in [-0.3, -0.25) is 4.99 Å². The number of carbonyl (C=O) groups is 1. The van der Waals surface area contributed by atoms with Crippen molar-refractivity contribution in [2.24, 2.45) is 10.7 Å². The Hall–Kier alpha value is -1.52. The lowest BCUT2D eigenvalue weighted by molar-refractivity contribution is -0.145. The summed E-state index contributed by atoms with van der Waals surface area (Å²) >= 11 is 0. The lowest BCUT2D eigenvalue weighted by Crippen LogP contribution is -2.45. The molecule has 158 valence electrons. The predicted octanol–water partition coefficient (Wildman–Crippen LogP) is 5.10. The van der Waals surface area contributed by atoms with Crippen LogP contribution in [0.5, 0.6) is 0 Å². The van der Waals surface area contributed by atoms with Crippen molar-refractivity contribution in [3.05, 3.63) is 12.2 Å². The van der Waals surface area contributed by atoms with E-state index in [1.807, 2.05) is 6.92 Å². The van der Waals surface area contributed by atoms with Crippen LogP contribution in [0.1, 0.15) is 97.3 Å². The first kappa shape index (κ1) is 25.5. The smallest absolute Gasteiger partial charge is 0.328 e. The highest BCUT2D eigenvalue weighted by atomic mass is 16.5. The summed E-state index contributed by atoms with van der Waals surface area (Å²) in [7, 11) is 1.60. The molecule has 5 nitrogen and oxygen atoms in total. The van der Waals surface area contributed by atoms with Gasteiger partial charge in [0.05, 0.1) is 6.61 Å². The molecule has 0 radical (unpaired) electrons. The Kier molecular flexibility index (Phi) is 18.2. The molecule has 27 heavy (non-hydrogen) atoms. The highest BCUT2D eigenvalue weighted by Gasteiger charge is 2.19. The third-order valence-electron chi connectivity index (χ3n) is 4.64. The number of nitrogens with zero attached hydrogens (tertiary/aromatic N) is 1. The summed E-state index contributed by atoms with van der Waals surface area (Å²) in [6, 6.07) is -0.397. The Balaban J connectivity index is 3.69. The van der Waals surface area contributed by atoms with Gasteiger partial charge in [0.1, 0.15) is 6.04 Å². The zero-order valence-electron chi connectivity index (χ0n) is 18.0. The van der Waals surface area contributed by atoms with Gasteiger partial charge in [-0.25, -0.2) is 4.79 Å². The Morgan fingerprint density at radius 2 is 1.52 bits per heavy atom. The molecule has 0 aliphatic carbocycles. The van der Waals surface area contributed by atoms with Gasteiger partial charge in [0.2, 0.25) is 0 Å². The fraction of sp³-hybridized carbons (Fsp3) is 0.818.